The minimum absolute atomic E-state index is 0.121. The first-order valence-electron chi connectivity index (χ1n) is 5.98. The van der Waals surface area contributed by atoms with Gasteiger partial charge in [-0.05, 0) is 37.1 Å². The Morgan fingerprint density at radius 3 is 2.82 bits per heavy atom. The molecule has 1 fully saturated rings. The lowest BCUT2D eigenvalue weighted by molar-refractivity contribution is -0.125. The van der Waals surface area contributed by atoms with E-state index in [1.54, 1.807) is 0 Å². The van der Waals surface area contributed by atoms with Crippen molar-refractivity contribution in [2.24, 2.45) is 5.92 Å². The topological polar surface area (TPSA) is 41.1 Å². The third-order valence-electron chi connectivity index (χ3n) is 3.05. The Bertz CT molecular complexity index is 372. The number of hydrogen-bond acceptors (Lipinski definition) is 2. The van der Waals surface area contributed by atoms with Crippen molar-refractivity contribution in [3.63, 3.8) is 0 Å². The van der Waals surface area contributed by atoms with Gasteiger partial charge in [-0.15, -0.1) is 0 Å². The Labute approximate surface area is 107 Å². The van der Waals surface area contributed by atoms with Gasteiger partial charge < -0.3 is 10.6 Å². The van der Waals surface area contributed by atoms with Crippen molar-refractivity contribution in [3.8, 4) is 0 Å². The van der Waals surface area contributed by atoms with Crippen molar-refractivity contribution in [3.05, 3.63) is 34.9 Å². The Balaban J connectivity index is 1.81. The minimum atomic E-state index is 0.121. The van der Waals surface area contributed by atoms with E-state index in [2.05, 4.69) is 10.6 Å². The molecule has 0 unspecified atom stereocenters. The number of amides is 1. The molecule has 1 aliphatic rings. The van der Waals surface area contributed by atoms with Gasteiger partial charge >= 0.3 is 0 Å². The lowest BCUT2D eigenvalue weighted by atomic mass is 9.99. The lowest BCUT2D eigenvalue weighted by Gasteiger charge is -2.21. The van der Waals surface area contributed by atoms with Crippen LogP contribution in [0.1, 0.15) is 18.4 Å². The summed E-state index contributed by atoms with van der Waals surface area (Å²) in [6, 6.07) is 7.54. The number of rotatable bonds is 3. The van der Waals surface area contributed by atoms with Crippen LogP contribution in [0.5, 0.6) is 0 Å². The second kappa shape index (κ2) is 6.03. The third kappa shape index (κ3) is 3.72. The van der Waals surface area contributed by atoms with Crippen LogP contribution in [0, 0.1) is 5.92 Å². The van der Waals surface area contributed by atoms with Gasteiger partial charge in [0.15, 0.2) is 0 Å². The predicted octanol–water partition coefficient (Wildman–Crippen LogP) is 1.96. The van der Waals surface area contributed by atoms with Crippen LogP contribution >= 0.6 is 11.6 Å². The number of nitrogens with one attached hydrogen (secondary N) is 2. The summed E-state index contributed by atoms with van der Waals surface area (Å²) in [5.41, 5.74) is 1.08. The number of carbonyl (C=O) groups excluding carboxylic acids is 1. The fourth-order valence-electron chi connectivity index (χ4n) is 2.01. The first kappa shape index (κ1) is 12.4. The standard InChI is InChI=1S/C13H17ClN2O/c14-12-5-3-10(4-6-12)8-16-13(17)11-2-1-7-15-9-11/h3-6,11,15H,1-2,7-9H2,(H,16,17)/t11-/m1/s1. The smallest absolute Gasteiger partial charge is 0.224 e. The van der Waals surface area contributed by atoms with Crippen LogP contribution in [0.15, 0.2) is 24.3 Å². The van der Waals surface area contributed by atoms with E-state index in [1.165, 1.54) is 0 Å². The average molecular weight is 253 g/mol. The average Bonchev–Trinajstić information content (AvgIpc) is 2.39. The zero-order valence-corrected chi connectivity index (χ0v) is 10.5. The fourth-order valence-corrected chi connectivity index (χ4v) is 2.14. The molecule has 0 aliphatic carbocycles. The first-order chi connectivity index (χ1) is 8.25. The van der Waals surface area contributed by atoms with Crippen LogP contribution < -0.4 is 10.6 Å². The van der Waals surface area contributed by atoms with E-state index in [4.69, 9.17) is 11.6 Å². The molecule has 4 heteroatoms. The first-order valence-corrected chi connectivity index (χ1v) is 6.36. The maximum Gasteiger partial charge on any atom is 0.224 e. The SMILES string of the molecule is O=C(NCc1ccc(Cl)cc1)[C@@H]1CCCNC1. The molecule has 1 heterocycles. The van der Waals surface area contributed by atoms with Gasteiger partial charge in [-0.25, -0.2) is 0 Å². The Morgan fingerprint density at radius 1 is 1.41 bits per heavy atom. The summed E-state index contributed by atoms with van der Waals surface area (Å²) < 4.78 is 0. The molecule has 2 rings (SSSR count). The molecule has 0 saturated carbocycles. The highest BCUT2D eigenvalue weighted by Gasteiger charge is 2.20. The number of benzene rings is 1. The van der Waals surface area contributed by atoms with Crippen LogP contribution in [0.3, 0.4) is 0 Å². The van der Waals surface area contributed by atoms with E-state index in [-0.39, 0.29) is 11.8 Å². The second-order valence-electron chi connectivity index (χ2n) is 4.39. The van der Waals surface area contributed by atoms with Crippen molar-refractivity contribution in [1.29, 1.82) is 0 Å². The fraction of sp³-hybridized carbons (Fsp3) is 0.462. The molecule has 92 valence electrons. The van der Waals surface area contributed by atoms with Crippen LogP contribution in [0.2, 0.25) is 5.02 Å². The molecular formula is C13H17ClN2O. The lowest BCUT2D eigenvalue weighted by Crippen LogP contribution is -2.40. The molecule has 1 atom stereocenters. The summed E-state index contributed by atoms with van der Waals surface area (Å²) in [6.45, 7) is 2.40. The van der Waals surface area contributed by atoms with Gasteiger partial charge in [-0.2, -0.15) is 0 Å². The number of hydrogen-bond donors (Lipinski definition) is 2. The maximum absolute atomic E-state index is 11.9. The van der Waals surface area contributed by atoms with Gasteiger partial charge in [0.1, 0.15) is 0 Å². The Morgan fingerprint density at radius 2 is 2.18 bits per heavy atom. The monoisotopic (exact) mass is 252 g/mol. The molecule has 1 aliphatic heterocycles. The molecule has 1 aromatic rings. The molecular weight excluding hydrogens is 236 g/mol. The molecule has 0 radical (unpaired) electrons. The molecule has 0 spiro atoms. The molecule has 1 saturated heterocycles. The van der Waals surface area contributed by atoms with Crippen molar-refractivity contribution >= 4 is 17.5 Å². The second-order valence-corrected chi connectivity index (χ2v) is 4.82. The summed E-state index contributed by atoms with van der Waals surface area (Å²) in [4.78, 5) is 11.9. The van der Waals surface area contributed by atoms with Gasteiger partial charge in [0.25, 0.3) is 0 Å². The number of halogens is 1. The summed E-state index contributed by atoms with van der Waals surface area (Å²) in [6.07, 6.45) is 2.07. The predicted molar refractivity (Wildman–Crippen MR) is 68.9 cm³/mol. The zero-order valence-electron chi connectivity index (χ0n) is 9.71. The summed E-state index contributed by atoms with van der Waals surface area (Å²) in [7, 11) is 0. The van der Waals surface area contributed by atoms with Gasteiger partial charge in [0.2, 0.25) is 5.91 Å². The molecule has 3 nitrogen and oxygen atoms in total. The number of piperidine rings is 1. The minimum Gasteiger partial charge on any atom is -0.352 e. The maximum atomic E-state index is 11.9. The molecule has 1 amide bonds. The molecule has 1 aromatic carbocycles. The van der Waals surface area contributed by atoms with E-state index in [0.29, 0.717) is 6.54 Å². The Hall–Kier alpha value is -1.06. The van der Waals surface area contributed by atoms with Crippen LogP contribution in [0.25, 0.3) is 0 Å². The molecule has 17 heavy (non-hydrogen) atoms. The summed E-state index contributed by atoms with van der Waals surface area (Å²) in [5, 5.41) is 6.93. The van der Waals surface area contributed by atoms with Crippen LogP contribution in [-0.4, -0.2) is 19.0 Å². The number of carbonyl (C=O) groups is 1. The summed E-state index contributed by atoms with van der Waals surface area (Å²) >= 11 is 5.80. The van der Waals surface area contributed by atoms with Crippen molar-refractivity contribution in [2.45, 2.75) is 19.4 Å². The van der Waals surface area contributed by atoms with E-state index < -0.39 is 0 Å². The van der Waals surface area contributed by atoms with Crippen molar-refractivity contribution < 1.29 is 4.79 Å². The van der Waals surface area contributed by atoms with E-state index in [9.17, 15) is 4.79 Å². The highest BCUT2D eigenvalue weighted by atomic mass is 35.5. The van der Waals surface area contributed by atoms with Gasteiger partial charge in [-0.1, -0.05) is 23.7 Å². The van der Waals surface area contributed by atoms with E-state index in [1.807, 2.05) is 24.3 Å². The van der Waals surface area contributed by atoms with Crippen molar-refractivity contribution in [2.75, 3.05) is 13.1 Å². The molecule has 0 aromatic heterocycles. The normalized spacial score (nSPS) is 19.9. The largest absolute Gasteiger partial charge is 0.352 e. The molecule has 0 bridgehead atoms. The van der Waals surface area contributed by atoms with E-state index >= 15 is 0 Å². The summed E-state index contributed by atoms with van der Waals surface area (Å²) in [5.74, 6) is 0.267. The highest BCUT2D eigenvalue weighted by Crippen LogP contribution is 2.11. The van der Waals surface area contributed by atoms with Crippen LogP contribution in [-0.2, 0) is 11.3 Å². The quantitative estimate of drug-likeness (QED) is 0.864. The van der Waals surface area contributed by atoms with Gasteiger partial charge in [0.05, 0.1) is 5.92 Å². The van der Waals surface area contributed by atoms with E-state index in [0.717, 1.165) is 36.5 Å². The van der Waals surface area contributed by atoms with Crippen LogP contribution in [0.4, 0.5) is 0 Å². The van der Waals surface area contributed by atoms with Gasteiger partial charge in [-0.3, -0.25) is 4.79 Å². The third-order valence-corrected chi connectivity index (χ3v) is 3.30. The highest BCUT2D eigenvalue weighted by molar-refractivity contribution is 6.30. The van der Waals surface area contributed by atoms with Gasteiger partial charge in [0, 0.05) is 18.1 Å². The zero-order chi connectivity index (χ0) is 12.1. The molecule has 2 N–H and O–H groups in total. The van der Waals surface area contributed by atoms with Crippen molar-refractivity contribution in [1.82, 2.24) is 10.6 Å². The Kier molecular flexibility index (Phi) is 4.40.